The van der Waals surface area contributed by atoms with E-state index in [1.807, 2.05) is 35.2 Å². The second kappa shape index (κ2) is 5.16. The zero-order valence-electron chi connectivity index (χ0n) is 11.7. The van der Waals surface area contributed by atoms with Gasteiger partial charge in [0, 0.05) is 18.0 Å². The Hall–Kier alpha value is -2.03. The molecule has 1 unspecified atom stereocenters. The molecule has 3 nitrogen and oxygen atoms in total. The lowest BCUT2D eigenvalue weighted by Gasteiger charge is -2.24. The molecular weight excluding hydrogens is 250 g/mol. The van der Waals surface area contributed by atoms with Gasteiger partial charge in [-0.25, -0.2) is 0 Å². The highest BCUT2D eigenvalue weighted by Crippen LogP contribution is 2.31. The molecule has 2 aromatic rings. The van der Waals surface area contributed by atoms with Crippen LogP contribution in [-0.2, 0) is 0 Å². The summed E-state index contributed by atoms with van der Waals surface area (Å²) in [5.74, 6) is 0.0625. The lowest BCUT2D eigenvalue weighted by atomic mass is 10.0. The molecule has 1 aliphatic heterocycles. The van der Waals surface area contributed by atoms with E-state index < -0.39 is 0 Å². The van der Waals surface area contributed by atoms with Crippen molar-refractivity contribution in [2.75, 3.05) is 6.54 Å². The van der Waals surface area contributed by atoms with Gasteiger partial charge in [-0.05, 0) is 30.7 Å². The maximum Gasteiger partial charge on any atom is 0.257 e. The third-order valence-corrected chi connectivity index (χ3v) is 4.24. The smallest absolute Gasteiger partial charge is 0.257 e. The maximum absolute atomic E-state index is 12.6. The third kappa shape index (κ3) is 2.03. The zero-order valence-corrected chi connectivity index (χ0v) is 11.7. The predicted molar refractivity (Wildman–Crippen MR) is 80.0 cm³/mol. The summed E-state index contributed by atoms with van der Waals surface area (Å²) in [6, 6.07) is 11.5. The number of rotatable bonds is 2. The Kier molecular flexibility index (Phi) is 3.35. The number of carbonyl (C=O) groups is 1. The Labute approximate surface area is 118 Å². The van der Waals surface area contributed by atoms with E-state index in [1.54, 1.807) is 6.07 Å². The van der Waals surface area contributed by atoms with Crippen LogP contribution in [0.25, 0.3) is 10.8 Å². The third-order valence-electron chi connectivity index (χ3n) is 4.24. The van der Waals surface area contributed by atoms with E-state index >= 15 is 0 Å². The molecule has 1 amide bonds. The molecule has 3 heteroatoms. The summed E-state index contributed by atoms with van der Waals surface area (Å²) in [5, 5.41) is 12.1. The molecule has 20 heavy (non-hydrogen) atoms. The van der Waals surface area contributed by atoms with Gasteiger partial charge in [-0.2, -0.15) is 0 Å². The fourth-order valence-electron chi connectivity index (χ4n) is 3.11. The highest BCUT2D eigenvalue weighted by Gasteiger charge is 2.29. The fourth-order valence-corrected chi connectivity index (χ4v) is 3.11. The van der Waals surface area contributed by atoms with E-state index in [0.29, 0.717) is 11.6 Å². The summed E-state index contributed by atoms with van der Waals surface area (Å²) in [6.45, 7) is 2.90. The molecule has 1 N–H and O–H groups in total. The first kappa shape index (κ1) is 13.0. The molecule has 0 aromatic heterocycles. The van der Waals surface area contributed by atoms with Crippen molar-refractivity contribution in [3.8, 4) is 5.75 Å². The number of hydrogen-bond donors (Lipinski definition) is 1. The number of amides is 1. The van der Waals surface area contributed by atoms with Gasteiger partial charge in [-0.1, -0.05) is 37.3 Å². The van der Waals surface area contributed by atoms with Crippen LogP contribution in [0.3, 0.4) is 0 Å². The highest BCUT2D eigenvalue weighted by atomic mass is 16.3. The van der Waals surface area contributed by atoms with Crippen LogP contribution in [0.1, 0.15) is 36.5 Å². The van der Waals surface area contributed by atoms with E-state index in [2.05, 4.69) is 6.92 Å². The molecule has 1 fully saturated rings. The molecule has 1 aliphatic rings. The summed E-state index contributed by atoms with van der Waals surface area (Å²) < 4.78 is 0. The number of benzene rings is 2. The van der Waals surface area contributed by atoms with Crippen LogP contribution in [-0.4, -0.2) is 28.5 Å². The van der Waals surface area contributed by atoms with Crippen molar-refractivity contribution in [3.63, 3.8) is 0 Å². The fraction of sp³-hybridized carbons (Fsp3) is 0.353. The number of likely N-dealkylation sites (tertiary alicyclic amines) is 1. The van der Waals surface area contributed by atoms with Crippen LogP contribution in [0.15, 0.2) is 36.4 Å². The Morgan fingerprint density at radius 2 is 2.10 bits per heavy atom. The van der Waals surface area contributed by atoms with Crippen molar-refractivity contribution in [2.24, 2.45) is 0 Å². The van der Waals surface area contributed by atoms with E-state index in [1.165, 1.54) is 0 Å². The Morgan fingerprint density at radius 3 is 2.90 bits per heavy atom. The molecule has 0 saturated carbocycles. The Morgan fingerprint density at radius 1 is 1.30 bits per heavy atom. The van der Waals surface area contributed by atoms with Crippen molar-refractivity contribution in [1.29, 1.82) is 0 Å². The molecule has 0 spiro atoms. The van der Waals surface area contributed by atoms with Crippen LogP contribution in [0.2, 0.25) is 0 Å². The van der Waals surface area contributed by atoms with Crippen molar-refractivity contribution < 1.29 is 9.90 Å². The molecule has 2 aromatic carbocycles. The van der Waals surface area contributed by atoms with Gasteiger partial charge in [0.2, 0.25) is 0 Å². The minimum absolute atomic E-state index is 0.0439. The molecule has 104 valence electrons. The van der Waals surface area contributed by atoms with Crippen LogP contribution in [0.4, 0.5) is 0 Å². The lowest BCUT2D eigenvalue weighted by molar-refractivity contribution is 0.0731. The van der Waals surface area contributed by atoms with Gasteiger partial charge in [0.15, 0.2) is 0 Å². The van der Waals surface area contributed by atoms with Gasteiger partial charge >= 0.3 is 0 Å². The molecule has 0 radical (unpaired) electrons. The van der Waals surface area contributed by atoms with Crippen molar-refractivity contribution >= 4 is 16.7 Å². The van der Waals surface area contributed by atoms with Gasteiger partial charge < -0.3 is 10.0 Å². The standard InChI is InChI=1S/C17H19NO2/c1-2-13-7-5-11-18(13)17(20)15-10-9-12-6-3-4-8-14(12)16(15)19/h3-4,6,8-10,13,19H,2,5,7,11H2,1H3. The topological polar surface area (TPSA) is 40.5 Å². The molecule has 1 atom stereocenters. The second-order valence-corrected chi connectivity index (χ2v) is 5.39. The van der Waals surface area contributed by atoms with Gasteiger partial charge in [0.25, 0.3) is 5.91 Å². The number of phenols is 1. The van der Waals surface area contributed by atoms with Crippen LogP contribution in [0.5, 0.6) is 5.75 Å². The number of fused-ring (bicyclic) bond motifs is 1. The SMILES string of the molecule is CCC1CCCN1C(=O)c1ccc2ccccc2c1O. The number of hydrogen-bond acceptors (Lipinski definition) is 2. The van der Waals surface area contributed by atoms with Gasteiger partial charge in [0.05, 0.1) is 5.56 Å². The van der Waals surface area contributed by atoms with Crippen LogP contribution < -0.4 is 0 Å². The first-order valence-electron chi connectivity index (χ1n) is 7.24. The quantitative estimate of drug-likeness (QED) is 0.905. The van der Waals surface area contributed by atoms with Gasteiger partial charge in [-0.3, -0.25) is 4.79 Å². The van der Waals surface area contributed by atoms with Crippen molar-refractivity contribution in [1.82, 2.24) is 4.90 Å². The number of nitrogens with zero attached hydrogens (tertiary/aromatic N) is 1. The Balaban J connectivity index is 2.01. The number of aromatic hydroxyl groups is 1. The zero-order chi connectivity index (χ0) is 14.1. The average molecular weight is 269 g/mol. The summed E-state index contributed by atoms with van der Waals surface area (Å²) in [5.41, 5.74) is 0.420. The van der Waals surface area contributed by atoms with Crippen LogP contribution >= 0.6 is 0 Å². The lowest BCUT2D eigenvalue weighted by Crippen LogP contribution is -2.35. The second-order valence-electron chi connectivity index (χ2n) is 5.39. The molecule has 1 heterocycles. The Bertz CT molecular complexity index is 650. The number of carbonyl (C=O) groups excluding carboxylic acids is 1. The van der Waals surface area contributed by atoms with E-state index in [-0.39, 0.29) is 11.7 Å². The summed E-state index contributed by atoms with van der Waals surface area (Å²) in [6.07, 6.45) is 3.09. The van der Waals surface area contributed by atoms with E-state index in [9.17, 15) is 9.90 Å². The minimum atomic E-state index is -0.0439. The van der Waals surface area contributed by atoms with Gasteiger partial charge in [0.1, 0.15) is 5.75 Å². The largest absolute Gasteiger partial charge is 0.506 e. The van der Waals surface area contributed by atoms with Crippen molar-refractivity contribution in [2.45, 2.75) is 32.2 Å². The van der Waals surface area contributed by atoms with Gasteiger partial charge in [-0.15, -0.1) is 0 Å². The molecule has 0 bridgehead atoms. The predicted octanol–water partition coefficient (Wildman–Crippen LogP) is 3.56. The van der Waals surface area contributed by atoms with E-state index in [0.717, 1.165) is 36.6 Å². The number of phenolic OH excluding ortho intramolecular Hbond substituents is 1. The average Bonchev–Trinajstić information content (AvgIpc) is 2.96. The van der Waals surface area contributed by atoms with Crippen LogP contribution in [0, 0.1) is 0 Å². The molecule has 1 saturated heterocycles. The monoisotopic (exact) mass is 269 g/mol. The molecule has 3 rings (SSSR count). The maximum atomic E-state index is 12.6. The first-order chi connectivity index (χ1) is 9.72. The highest BCUT2D eigenvalue weighted by molar-refractivity contribution is 6.03. The van der Waals surface area contributed by atoms with Crippen molar-refractivity contribution in [3.05, 3.63) is 42.0 Å². The molecular formula is C17H19NO2. The first-order valence-corrected chi connectivity index (χ1v) is 7.24. The van der Waals surface area contributed by atoms with E-state index in [4.69, 9.17) is 0 Å². The normalized spacial score (nSPS) is 18.6. The summed E-state index contributed by atoms with van der Waals surface area (Å²) in [4.78, 5) is 14.6. The summed E-state index contributed by atoms with van der Waals surface area (Å²) >= 11 is 0. The summed E-state index contributed by atoms with van der Waals surface area (Å²) in [7, 11) is 0. The molecule has 0 aliphatic carbocycles. The minimum Gasteiger partial charge on any atom is -0.506 e.